The number of aryl methyl sites for hydroxylation is 1. The molecule has 0 aliphatic heterocycles. The van der Waals surface area contributed by atoms with E-state index in [1.165, 1.54) is 12.1 Å². The van der Waals surface area contributed by atoms with E-state index >= 15 is 0 Å². The van der Waals surface area contributed by atoms with Crippen molar-refractivity contribution >= 4 is 5.78 Å². The molecule has 0 N–H and O–H groups in total. The molecule has 1 aromatic carbocycles. The fourth-order valence-electron chi connectivity index (χ4n) is 1.43. The van der Waals surface area contributed by atoms with Crippen molar-refractivity contribution in [1.82, 2.24) is 4.98 Å². The quantitative estimate of drug-likeness (QED) is 0.565. The SMILES string of the molecule is Cc1cccc(C(=O)C#Cc2cccc(F)c2)n1. The van der Waals surface area contributed by atoms with E-state index in [1.54, 1.807) is 37.3 Å². The first-order chi connectivity index (χ1) is 8.65. The van der Waals surface area contributed by atoms with Crippen LogP contribution in [0.5, 0.6) is 0 Å². The lowest BCUT2D eigenvalue weighted by molar-refractivity contribution is 0.105. The molecule has 0 radical (unpaired) electrons. The molecule has 0 spiro atoms. The molecular formula is C15H10FNO. The Kier molecular flexibility index (Phi) is 3.49. The second-order valence-corrected chi connectivity index (χ2v) is 3.75. The van der Waals surface area contributed by atoms with Gasteiger partial charge >= 0.3 is 0 Å². The molecule has 0 fully saturated rings. The van der Waals surface area contributed by atoms with Gasteiger partial charge in [0, 0.05) is 11.3 Å². The molecule has 0 unspecified atom stereocenters. The summed E-state index contributed by atoms with van der Waals surface area (Å²) in [6.07, 6.45) is 0. The average molecular weight is 239 g/mol. The number of carbonyl (C=O) groups excluding carboxylic acids is 1. The second-order valence-electron chi connectivity index (χ2n) is 3.75. The zero-order valence-corrected chi connectivity index (χ0v) is 9.77. The van der Waals surface area contributed by atoms with Gasteiger partial charge in [-0.25, -0.2) is 9.37 Å². The van der Waals surface area contributed by atoms with Gasteiger partial charge in [-0.1, -0.05) is 18.1 Å². The van der Waals surface area contributed by atoms with Gasteiger partial charge in [0.15, 0.2) is 0 Å². The summed E-state index contributed by atoms with van der Waals surface area (Å²) in [6, 6.07) is 11.0. The van der Waals surface area contributed by atoms with Crippen LogP contribution < -0.4 is 0 Å². The fraction of sp³-hybridized carbons (Fsp3) is 0.0667. The smallest absolute Gasteiger partial charge is 0.254 e. The molecule has 88 valence electrons. The van der Waals surface area contributed by atoms with Gasteiger partial charge in [0.1, 0.15) is 11.5 Å². The normalized spacial score (nSPS) is 9.44. The molecule has 2 aromatic rings. The lowest BCUT2D eigenvalue weighted by atomic mass is 10.2. The fourth-order valence-corrected chi connectivity index (χ4v) is 1.43. The molecule has 0 saturated carbocycles. The largest absolute Gasteiger partial charge is 0.277 e. The first kappa shape index (κ1) is 12.0. The van der Waals surface area contributed by atoms with Gasteiger partial charge < -0.3 is 0 Å². The van der Waals surface area contributed by atoms with Crippen LogP contribution in [0.4, 0.5) is 4.39 Å². The van der Waals surface area contributed by atoms with Crippen molar-refractivity contribution in [3.8, 4) is 11.8 Å². The van der Waals surface area contributed by atoms with Crippen molar-refractivity contribution in [1.29, 1.82) is 0 Å². The Labute approximate surface area is 104 Å². The van der Waals surface area contributed by atoms with Crippen LogP contribution in [0.3, 0.4) is 0 Å². The third-order valence-electron chi connectivity index (χ3n) is 2.27. The van der Waals surface area contributed by atoms with Crippen molar-refractivity contribution < 1.29 is 9.18 Å². The minimum Gasteiger partial charge on any atom is -0.277 e. The summed E-state index contributed by atoms with van der Waals surface area (Å²) in [4.78, 5) is 15.8. The number of Topliss-reactive ketones (excluding diaryl/α,β-unsaturated/α-hetero) is 1. The molecule has 0 bridgehead atoms. The van der Waals surface area contributed by atoms with Crippen molar-refractivity contribution in [3.05, 3.63) is 65.2 Å². The van der Waals surface area contributed by atoms with Crippen molar-refractivity contribution in [3.63, 3.8) is 0 Å². The highest BCUT2D eigenvalue weighted by atomic mass is 19.1. The molecule has 2 rings (SSSR count). The Bertz CT molecular complexity index is 653. The molecule has 2 nitrogen and oxygen atoms in total. The average Bonchev–Trinajstić information content (AvgIpc) is 2.36. The van der Waals surface area contributed by atoms with Crippen molar-refractivity contribution in [2.75, 3.05) is 0 Å². The van der Waals surface area contributed by atoms with Gasteiger partial charge in [-0.3, -0.25) is 4.79 Å². The van der Waals surface area contributed by atoms with E-state index in [9.17, 15) is 9.18 Å². The number of aromatic nitrogens is 1. The number of hydrogen-bond donors (Lipinski definition) is 0. The second kappa shape index (κ2) is 5.24. The molecule has 0 amide bonds. The van der Waals surface area contributed by atoms with E-state index < -0.39 is 0 Å². The van der Waals surface area contributed by atoms with Crippen LogP contribution in [-0.4, -0.2) is 10.8 Å². The maximum atomic E-state index is 12.9. The Morgan fingerprint density at radius 3 is 2.72 bits per heavy atom. The van der Waals surface area contributed by atoms with Gasteiger partial charge in [0.2, 0.25) is 0 Å². The van der Waals surface area contributed by atoms with E-state index in [0.717, 1.165) is 5.69 Å². The van der Waals surface area contributed by atoms with Crippen LogP contribution in [0, 0.1) is 24.6 Å². The molecule has 1 heterocycles. The zero-order valence-electron chi connectivity index (χ0n) is 9.77. The lowest BCUT2D eigenvalue weighted by Gasteiger charge is -1.94. The van der Waals surface area contributed by atoms with Gasteiger partial charge in [-0.05, 0) is 43.2 Å². The number of ketones is 1. The van der Waals surface area contributed by atoms with E-state index in [-0.39, 0.29) is 11.6 Å². The predicted molar refractivity (Wildman–Crippen MR) is 66.6 cm³/mol. The van der Waals surface area contributed by atoms with E-state index in [4.69, 9.17) is 0 Å². The molecule has 0 aliphatic rings. The summed E-state index contributed by atoms with van der Waals surface area (Å²) >= 11 is 0. The minimum absolute atomic E-state index is 0.305. The number of hydrogen-bond acceptors (Lipinski definition) is 2. The minimum atomic E-state index is -0.372. The lowest BCUT2D eigenvalue weighted by Crippen LogP contribution is -1.99. The summed E-state index contributed by atoms with van der Waals surface area (Å²) < 4.78 is 12.9. The Hall–Kier alpha value is -2.47. The van der Waals surface area contributed by atoms with Crippen molar-refractivity contribution in [2.45, 2.75) is 6.92 Å². The number of nitrogens with zero attached hydrogens (tertiary/aromatic N) is 1. The zero-order chi connectivity index (χ0) is 13.0. The molecule has 0 atom stereocenters. The Balaban J connectivity index is 2.23. The van der Waals surface area contributed by atoms with Crippen LogP contribution in [0.15, 0.2) is 42.5 Å². The maximum Gasteiger partial charge on any atom is 0.254 e. The Morgan fingerprint density at radius 2 is 2.00 bits per heavy atom. The maximum absolute atomic E-state index is 12.9. The summed E-state index contributed by atoms with van der Waals surface area (Å²) in [7, 11) is 0. The number of rotatable bonds is 1. The van der Waals surface area contributed by atoms with Crippen LogP contribution in [0.1, 0.15) is 21.7 Å². The molecule has 1 aromatic heterocycles. The molecule has 3 heteroatoms. The van der Waals surface area contributed by atoms with E-state index in [0.29, 0.717) is 11.3 Å². The number of halogens is 1. The van der Waals surface area contributed by atoms with Gasteiger partial charge in [0.05, 0.1) is 0 Å². The van der Waals surface area contributed by atoms with Gasteiger partial charge in [-0.15, -0.1) is 0 Å². The van der Waals surface area contributed by atoms with E-state index in [2.05, 4.69) is 16.8 Å². The van der Waals surface area contributed by atoms with Crippen LogP contribution in [-0.2, 0) is 0 Å². The third-order valence-corrected chi connectivity index (χ3v) is 2.27. The number of benzene rings is 1. The molecule has 0 saturated heterocycles. The number of carbonyl (C=O) groups is 1. The summed E-state index contributed by atoms with van der Waals surface area (Å²) in [5.74, 6) is 4.33. The first-order valence-electron chi connectivity index (χ1n) is 5.41. The standard InChI is InChI=1S/C15H10FNO/c1-11-4-2-7-14(17-11)15(18)9-8-12-5-3-6-13(16)10-12/h2-7,10H,1H3. The van der Waals surface area contributed by atoms with Crippen molar-refractivity contribution in [2.24, 2.45) is 0 Å². The highest BCUT2D eigenvalue weighted by Crippen LogP contribution is 2.02. The highest BCUT2D eigenvalue weighted by molar-refractivity contribution is 6.07. The molecule has 0 aliphatic carbocycles. The molecule has 18 heavy (non-hydrogen) atoms. The third kappa shape index (κ3) is 3.02. The predicted octanol–water partition coefficient (Wildman–Crippen LogP) is 2.76. The van der Waals surface area contributed by atoms with Crippen LogP contribution >= 0.6 is 0 Å². The Morgan fingerprint density at radius 1 is 1.22 bits per heavy atom. The molecular weight excluding hydrogens is 229 g/mol. The number of pyridine rings is 1. The highest BCUT2D eigenvalue weighted by Gasteiger charge is 2.03. The summed E-state index contributed by atoms with van der Waals surface area (Å²) in [5, 5.41) is 0. The summed E-state index contributed by atoms with van der Waals surface area (Å²) in [5.41, 5.74) is 1.53. The first-order valence-corrected chi connectivity index (χ1v) is 5.41. The monoisotopic (exact) mass is 239 g/mol. The van der Waals surface area contributed by atoms with Crippen LogP contribution in [0.2, 0.25) is 0 Å². The van der Waals surface area contributed by atoms with E-state index in [1.807, 2.05) is 0 Å². The summed E-state index contributed by atoms with van der Waals surface area (Å²) in [6.45, 7) is 1.80. The van der Waals surface area contributed by atoms with Gasteiger partial charge in [-0.2, -0.15) is 0 Å². The topological polar surface area (TPSA) is 30.0 Å². The van der Waals surface area contributed by atoms with Gasteiger partial charge in [0.25, 0.3) is 5.78 Å². The van der Waals surface area contributed by atoms with Crippen LogP contribution in [0.25, 0.3) is 0 Å².